The predicted octanol–water partition coefficient (Wildman–Crippen LogP) is 5.00. The number of methoxy groups -OCH3 is 1. The van der Waals surface area contributed by atoms with E-state index in [1.165, 1.54) is 15.9 Å². The Labute approximate surface area is 290 Å². The molecule has 11 heteroatoms. The Morgan fingerprint density at radius 1 is 0.680 bits per heavy atom. The average Bonchev–Trinajstić information content (AvgIpc) is 3.65. The molecule has 11 nitrogen and oxygen atoms in total. The fourth-order valence-corrected chi connectivity index (χ4v) is 5.35. The molecule has 0 aliphatic carbocycles. The number of aryl methyl sites for hydroxylation is 1. The van der Waals surface area contributed by atoms with E-state index in [0.29, 0.717) is 17.1 Å². The number of ether oxygens (including phenoxy) is 1. The second-order valence-electron chi connectivity index (χ2n) is 11.8. The van der Waals surface area contributed by atoms with Crippen molar-refractivity contribution in [2.45, 2.75) is 31.8 Å². The van der Waals surface area contributed by atoms with Gasteiger partial charge in [-0.25, -0.2) is 0 Å². The SMILES string of the molecule is COc1ccc(N(C)C(=O)[C@H](Cc2ccccc2)NC(=O)c2cc(C(=O)N[C@@H](Cc3ccccc3)C(=O)N(C)c3ccc(C)cc3)on2)cc1. The van der Waals surface area contributed by atoms with Gasteiger partial charge in [0.25, 0.3) is 11.8 Å². The van der Waals surface area contributed by atoms with Crippen LogP contribution in [0.5, 0.6) is 5.75 Å². The molecule has 5 rings (SSSR count). The third-order valence-electron chi connectivity index (χ3n) is 8.28. The van der Waals surface area contributed by atoms with Gasteiger partial charge >= 0.3 is 0 Å². The van der Waals surface area contributed by atoms with Crippen LogP contribution in [0.4, 0.5) is 11.4 Å². The van der Waals surface area contributed by atoms with Gasteiger partial charge in [-0.1, -0.05) is 83.5 Å². The molecular formula is C39H39N5O6. The van der Waals surface area contributed by atoms with Crippen LogP contribution < -0.4 is 25.2 Å². The zero-order valence-corrected chi connectivity index (χ0v) is 28.3. The monoisotopic (exact) mass is 673 g/mol. The fourth-order valence-electron chi connectivity index (χ4n) is 5.35. The molecule has 50 heavy (non-hydrogen) atoms. The number of anilines is 2. The smallest absolute Gasteiger partial charge is 0.290 e. The molecule has 4 amide bonds. The van der Waals surface area contributed by atoms with E-state index in [1.807, 2.05) is 91.9 Å². The maximum absolute atomic E-state index is 13.7. The van der Waals surface area contributed by atoms with E-state index in [1.54, 1.807) is 45.5 Å². The van der Waals surface area contributed by atoms with Crippen molar-refractivity contribution in [2.24, 2.45) is 0 Å². The van der Waals surface area contributed by atoms with Crippen LogP contribution in [-0.2, 0) is 22.4 Å². The summed E-state index contributed by atoms with van der Waals surface area (Å²) < 4.78 is 10.5. The van der Waals surface area contributed by atoms with Gasteiger partial charge in [0.1, 0.15) is 17.8 Å². The summed E-state index contributed by atoms with van der Waals surface area (Å²) in [6.07, 6.45) is 0.420. The molecule has 1 heterocycles. The Morgan fingerprint density at radius 3 is 1.62 bits per heavy atom. The van der Waals surface area contributed by atoms with E-state index in [0.717, 1.165) is 16.7 Å². The molecule has 0 radical (unpaired) electrons. The second-order valence-corrected chi connectivity index (χ2v) is 11.8. The highest BCUT2D eigenvalue weighted by molar-refractivity contribution is 6.04. The van der Waals surface area contributed by atoms with Gasteiger partial charge in [0.05, 0.1) is 7.11 Å². The summed E-state index contributed by atoms with van der Waals surface area (Å²) in [6, 6.07) is 32.3. The molecule has 0 aliphatic heterocycles. The van der Waals surface area contributed by atoms with Crippen molar-refractivity contribution in [3.8, 4) is 5.75 Å². The van der Waals surface area contributed by atoms with Crippen molar-refractivity contribution < 1.29 is 28.4 Å². The summed E-state index contributed by atoms with van der Waals surface area (Å²) in [7, 11) is 4.83. The van der Waals surface area contributed by atoms with Gasteiger partial charge in [0, 0.05) is 44.4 Å². The van der Waals surface area contributed by atoms with Crippen LogP contribution in [0.3, 0.4) is 0 Å². The molecule has 0 unspecified atom stereocenters. The van der Waals surface area contributed by atoms with Crippen LogP contribution in [0, 0.1) is 6.92 Å². The molecule has 0 spiro atoms. The average molecular weight is 674 g/mol. The topological polar surface area (TPSA) is 134 Å². The normalized spacial score (nSPS) is 11.9. The van der Waals surface area contributed by atoms with Crippen LogP contribution in [-0.4, -0.2) is 62.1 Å². The van der Waals surface area contributed by atoms with Crippen molar-refractivity contribution in [2.75, 3.05) is 31.0 Å². The third kappa shape index (κ3) is 8.81. The number of amides is 4. The van der Waals surface area contributed by atoms with Gasteiger partial charge in [-0.15, -0.1) is 0 Å². The molecule has 2 N–H and O–H groups in total. The van der Waals surface area contributed by atoms with Crippen LogP contribution in [0.2, 0.25) is 0 Å². The van der Waals surface area contributed by atoms with Gasteiger partial charge in [0.15, 0.2) is 5.69 Å². The third-order valence-corrected chi connectivity index (χ3v) is 8.28. The lowest BCUT2D eigenvalue weighted by atomic mass is 10.0. The summed E-state index contributed by atoms with van der Waals surface area (Å²) in [4.78, 5) is 57.3. The Kier molecular flexibility index (Phi) is 11.4. The molecule has 5 aromatic rings. The van der Waals surface area contributed by atoms with E-state index in [2.05, 4.69) is 15.8 Å². The zero-order chi connectivity index (χ0) is 35.6. The summed E-state index contributed by atoms with van der Waals surface area (Å²) in [5, 5.41) is 9.35. The molecule has 0 fully saturated rings. The fraction of sp³-hybridized carbons (Fsp3) is 0.205. The molecular weight excluding hydrogens is 634 g/mol. The minimum absolute atomic E-state index is 0.198. The number of hydrogen-bond acceptors (Lipinski definition) is 7. The van der Waals surface area contributed by atoms with E-state index in [9.17, 15) is 19.2 Å². The quantitative estimate of drug-likeness (QED) is 0.180. The van der Waals surface area contributed by atoms with E-state index in [-0.39, 0.29) is 36.1 Å². The minimum Gasteiger partial charge on any atom is -0.497 e. The Balaban J connectivity index is 1.32. The lowest BCUT2D eigenvalue weighted by Gasteiger charge is -2.25. The Morgan fingerprint density at radius 2 is 1.14 bits per heavy atom. The number of carbonyl (C=O) groups is 4. The lowest BCUT2D eigenvalue weighted by molar-refractivity contribution is -0.120. The number of benzene rings is 4. The van der Waals surface area contributed by atoms with Gasteiger partial charge in [-0.3, -0.25) is 19.2 Å². The maximum Gasteiger partial charge on any atom is 0.290 e. The summed E-state index contributed by atoms with van der Waals surface area (Å²) in [6.45, 7) is 1.96. The van der Waals surface area contributed by atoms with Crippen molar-refractivity contribution >= 4 is 35.0 Å². The first-order valence-corrected chi connectivity index (χ1v) is 16.0. The number of nitrogens with zero attached hydrogens (tertiary/aromatic N) is 3. The predicted molar refractivity (Wildman–Crippen MR) is 190 cm³/mol. The van der Waals surface area contributed by atoms with Gasteiger partial charge < -0.3 is 29.7 Å². The van der Waals surface area contributed by atoms with Crippen molar-refractivity contribution in [3.05, 3.63) is 143 Å². The Hall–Kier alpha value is -6.23. The van der Waals surface area contributed by atoms with Gasteiger partial charge in [0.2, 0.25) is 17.6 Å². The highest BCUT2D eigenvalue weighted by atomic mass is 16.5. The first kappa shape index (κ1) is 35.1. The summed E-state index contributed by atoms with van der Waals surface area (Å²) in [5.74, 6) is -1.76. The van der Waals surface area contributed by atoms with Crippen LogP contribution >= 0.6 is 0 Å². The van der Waals surface area contributed by atoms with Crippen LogP contribution in [0.25, 0.3) is 0 Å². The maximum atomic E-state index is 13.7. The minimum atomic E-state index is -0.976. The molecule has 1 aromatic heterocycles. The highest BCUT2D eigenvalue weighted by Gasteiger charge is 2.30. The number of aromatic nitrogens is 1. The Bertz CT molecular complexity index is 1910. The number of nitrogens with one attached hydrogen (secondary N) is 2. The molecule has 0 saturated heterocycles. The number of carbonyl (C=O) groups excluding carboxylic acids is 4. The molecule has 256 valence electrons. The molecule has 4 aromatic carbocycles. The van der Waals surface area contributed by atoms with E-state index < -0.39 is 23.9 Å². The standard InChI is InChI=1S/C39H39N5O6/c1-26-15-17-29(18-16-26)43(2)39(48)34(24-28-13-9-6-10-14-28)41-37(46)35-25-32(42-50-35)36(45)40-33(23-27-11-7-5-8-12-27)38(47)44(3)30-19-21-31(49-4)22-20-30/h5-22,25,33-34H,23-24H2,1-4H3,(H,40,45)(H,41,46)/t33-,34-/m0/s1. The molecule has 0 aliphatic rings. The van der Waals surface area contributed by atoms with Crippen molar-refractivity contribution in [1.29, 1.82) is 0 Å². The summed E-state index contributed by atoms with van der Waals surface area (Å²) >= 11 is 0. The van der Waals surface area contributed by atoms with Crippen LogP contribution in [0.1, 0.15) is 37.7 Å². The molecule has 0 saturated carbocycles. The molecule has 0 bridgehead atoms. The van der Waals surface area contributed by atoms with Gasteiger partial charge in [-0.2, -0.15) is 0 Å². The van der Waals surface area contributed by atoms with E-state index >= 15 is 0 Å². The molecule has 2 atom stereocenters. The van der Waals surface area contributed by atoms with Crippen molar-refractivity contribution in [3.63, 3.8) is 0 Å². The zero-order valence-electron chi connectivity index (χ0n) is 28.3. The van der Waals surface area contributed by atoms with Crippen molar-refractivity contribution in [1.82, 2.24) is 15.8 Å². The van der Waals surface area contributed by atoms with E-state index in [4.69, 9.17) is 9.26 Å². The number of hydrogen-bond donors (Lipinski definition) is 2. The first-order chi connectivity index (χ1) is 24.1. The highest BCUT2D eigenvalue weighted by Crippen LogP contribution is 2.20. The van der Waals surface area contributed by atoms with Gasteiger partial charge in [-0.05, 0) is 54.4 Å². The lowest BCUT2D eigenvalue weighted by Crippen LogP contribution is -2.49. The number of rotatable bonds is 13. The first-order valence-electron chi connectivity index (χ1n) is 16.0. The summed E-state index contributed by atoms with van der Waals surface area (Å²) in [5.41, 5.74) is 3.80. The second kappa shape index (κ2) is 16.2. The largest absolute Gasteiger partial charge is 0.497 e. The number of likely N-dealkylation sites (N-methyl/N-ethyl adjacent to an activating group) is 2. The van der Waals surface area contributed by atoms with Crippen LogP contribution in [0.15, 0.2) is 120 Å².